The van der Waals surface area contributed by atoms with Gasteiger partial charge in [0.1, 0.15) is 0 Å². The van der Waals surface area contributed by atoms with Gasteiger partial charge in [-0.3, -0.25) is 25.2 Å². The Morgan fingerprint density at radius 3 is 2.29 bits per heavy atom. The molecule has 1 aromatic rings. The van der Waals surface area contributed by atoms with E-state index in [0.717, 1.165) is 32.1 Å². The summed E-state index contributed by atoms with van der Waals surface area (Å²) in [5, 5.41) is 0.510. The monoisotopic (exact) mass is 424 g/mol. The molecule has 0 spiro atoms. The zero-order valence-corrected chi connectivity index (χ0v) is 16.8. The molecule has 2 amide bonds. The lowest BCUT2D eigenvalue weighted by atomic mass is 9.49. The minimum Gasteiger partial charge on any atom is -0.455 e. The van der Waals surface area contributed by atoms with Crippen LogP contribution in [0.3, 0.4) is 0 Å². The number of carbonyl (C=O) groups excluding carboxylic acids is 3. The summed E-state index contributed by atoms with van der Waals surface area (Å²) >= 11 is 12.5. The van der Waals surface area contributed by atoms with Crippen LogP contribution in [-0.4, -0.2) is 29.3 Å². The van der Waals surface area contributed by atoms with Crippen molar-refractivity contribution in [2.24, 2.45) is 17.3 Å². The molecule has 0 radical (unpaired) electrons. The molecule has 1 aromatic carbocycles. The van der Waals surface area contributed by atoms with E-state index >= 15 is 0 Å². The molecule has 0 saturated heterocycles. The number of nitrogens with one attached hydrogen (secondary N) is 2. The van der Waals surface area contributed by atoms with E-state index in [9.17, 15) is 14.4 Å². The number of halogens is 2. The van der Waals surface area contributed by atoms with Crippen molar-refractivity contribution in [1.82, 2.24) is 10.9 Å². The second-order valence-corrected chi connectivity index (χ2v) is 9.72. The number of hydrogen-bond acceptors (Lipinski definition) is 4. The summed E-state index contributed by atoms with van der Waals surface area (Å²) < 4.78 is 5.31. The lowest BCUT2D eigenvalue weighted by molar-refractivity contribution is -0.171. The molecule has 4 bridgehead atoms. The Morgan fingerprint density at radius 2 is 1.68 bits per heavy atom. The Labute approximate surface area is 173 Å². The van der Waals surface area contributed by atoms with E-state index in [4.69, 9.17) is 27.9 Å². The van der Waals surface area contributed by atoms with Crippen molar-refractivity contribution >= 4 is 41.0 Å². The van der Waals surface area contributed by atoms with E-state index < -0.39 is 23.8 Å². The largest absolute Gasteiger partial charge is 0.455 e. The van der Waals surface area contributed by atoms with E-state index in [1.165, 1.54) is 0 Å². The SMILES string of the molecule is O=C(COC(=O)C12C[C@H]3C[C@@H](CC(Cl)(C3)C1)C2)NNC(=O)c1ccc(Cl)cc1. The molecule has 2 N–H and O–H groups in total. The first kappa shape index (κ1) is 19.5. The number of rotatable bonds is 4. The van der Waals surface area contributed by atoms with Gasteiger partial charge in [0, 0.05) is 15.5 Å². The van der Waals surface area contributed by atoms with E-state index in [1.54, 1.807) is 24.3 Å². The number of hydrogen-bond donors (Lipinski definition) is 2. The van der Waals surface area contributed by atoms with Gasteiger partial charge in [0.25, 0.3) is 11.8 Å². The summed E-state index contributed by atoms with van der Waals surface area (Å²) in [7, 11) is 0. The fraction of sp³-hybridized carbons (Fsp3) is 0.550. The van der Waals surface area contributed by atoms with Gasteiger partial charge in [-0.15, -0.1) is 11.6 Å². The molecule has 4 aliphatic rings. The summed E-state index contributed by atoms with van der Waals surface area (Å²) in [4.78, 5) is 36.4. The van der Waals surface area contributed by atoms with Crippen molar-refractivity contribution in [2.75, 3.05) is 6.61 Å². The predicted octanol–water partition coefficient (Wildman–Crippen LogP) is 3.22. The zero-order chi connectivity index (χ0) is 19.9. The predicted molar refractivity (Wildman–Crippen MR) is 104 cm³/mol. The maximum absolute atomic E-state index is 12.8. The van der Waals surface area contributed by atoms with Crippen molar-refractivity contribution in [3.63, 3.8) is 0 Å². The molecular formula is C20H22Cl2N2O4. The van der Waals surface area contributed by atoms with Gasteiger partial charge >= 0.3 is 5.97 Å². The van der Waals surface area contributed by atoms with Crippen LogP contribution in [0, 0.1) is 17.3 Å². The maximum Gasteiger partial charge on any atom is 0.312 e. The summed E-state index contributed by atoms with van der Waals surface area (Å²) in [5.41, 5.74) is 4.34. The van der Waals surface area contributed by atoms with E-state index in [2.05, 4.69) is 10.9 Å². The highest BCUT2D eigenvalue weighted by atomic mass is 35.5. The molecular weight excluding hydrogens is 403 g/mol. The highest BCUT2D eigenvalue weighted by Crippen LogP contribution is 2.64. The van der Waals surface area contributed by atoms with Crippen LogP contribution in [0.5, 0.6) is 0 Å². The quantitative estimate of drug-likeness (QED) is 0.441. The van der Waals surface area contributed by atoms with Crippen LogP contribution in [-0.2, 0) is 14.3 Å². The molecule has 0 aromatic heterocycles. The number of amides is 2. The molecule has 0 aliphatic heterocycles. The second-order valence-electron chi connectivity index (χ2n) is 8.48. The Kier molecular flexibility index (Phi) is 5.04. The average Bonchev–Trinajstić information content (AvgIpc) is 2.62. The van der Waals surface area contributed by atoms with Crippen molar-refractivity contribution < 1.29 is 19.1 Å². The van der Waals surface area contributed by atoms with Gasteiger partial charge in [0.05, 0.1) is 5.41 Å². The van der Waals surface area contributed by atoms with E-state index in [-0.39, 0.29) is 10.8 Å². The molecule has 0 unspecified atom stereocenters. The minimum absolute atomic E-state index is 0.294. The smallest absolute Gasteiger partial charge is 0.312 e. The summed E-state index contributed by atoms with van der Waals surface area (Å²) in [6.45, 7) is -0.438. The van der Waals surface area contributed by atoms with Gasteiger partial charge < -0.3 is 4.74 Å². The van der Waals surface area contributed by atoms with Crippen LogP contribution in [0.1, 0.15) is 48.9 Å². The Balaban J connectivity index is 1.27. The fourth-order valence-electron chi connectivity index (χ4n) is 5.51. The standard InChI is InChI=1S/C20H22Cl2N2O4/c21-15-3-1-14(2-4-15)17(26)24-23-16(25)10-28-18(27)19-6-12-5-13(7-19)9-20(22,8-12)11-19/h1-4,12-13H,5-11H2,(H,23,25)(H,24,26)/t12-,13-,19?,20?/m1/s1. The third-order valence-electron chi connectivity index (χ3n) is 6.18. The maximum atomic E-state index is 12.8. The Bertz CT molecular complexity index is 797. The topological polar surface area (TPSA) is 84.5 Å². The molecule has 6 nitrogen and oxygen atoms in total. The van der Waals surface area contributed by atoms with Crippen molar-refractivity contribution in [3.05, 3.63) is 34.9 Å². The number of esters is 1. The third-order valence-corrected chi connectivity index (χ3v) is 6.87. The van der Waals surface area contributed by atoms with Crippen LogP contribution >= 0.6 is 23.2 Å². The Morgan fingerprint density at radius 1 is 1.04 bits per heavy atom. The van der Waals surface area contributed by atoms with Crippen molar-refractivity contribution in [3.8, 4) is 0 Å². The van der Waals surface area contributed by atoms with Crippen LogP contribution in [0.25, 0.3) is 0 Å². The molecule has 150 valence electrons. The third kappa shape index (κ3) is 3.85. The van der Waals surface area contributed by atoms with Crippen LogP contribution in [0.2, 0.25) is 5.02 Å². The first-order chi connectivity index (χ1) is 13.3. The van der Waals surface area contributed by atoms with Crippen LogP contribution in [0.4, 0.5) is 0 Å². The fourth-order valence-corrected chi connectivity index (χ4v) is 6.33. The van der Waals surface area contributed by atoms with Gasteiger partial charge in [0.15, 0.2) is 6.61 Å². The molecule has 5 rings (SSSR count). The zero-order valence-electron chi connectivity index (χ0n) is 15.3. The molecule has 8 heteroatoms. The normalized spacial score (nSPS) is 32.6. The van der Waals surface area contributed by atoms with Crippen LogP contribution < -0.4 is 10.9 Å². The van der Waals surface area contributed by atoms with Crippen LogP contribution in [0.15, 0.2) is 24.3 Å². The molecule has 4 aliphatic carbocycles. The summed E-state index contributed by atoms with van der Waals surface area (Å²) in [5.74, 6) is -0.481. The van der Waals surface area contributed by atoms with E-state index in [1.807, 2.05) is 0 Å². The molecule has 4 saturated carbocycles. The lowest BCUT2D eigenvalue weighted by Crippen LogP contribution is -2.56. The van der Waals surface area contributed by atoms with Gasteiger partial charge in [-0.25, -0.2) is 0 Å². The van der Waals surface area contributed by atoms with Crippen molar-refractivity contribution in [1.29, 1.82) is 0 Å². The number of carbonyl (C=O) groups is 3. The van der Waals surface area contributed by atoms with Gasteiger partial charge in [-0.2, -0.15) is 0 Å². The van der Waals surface area contributed by atoms with Gasteiger partial charge in [-0.1, -0.05) is 11.6 Å². The molecule has 4 fully saturated rings. The lowest BCUT2D eigenvalue weighted by Gasteiger charge is -2.58. The van der Waals surface area contributed by atoms with Crippen molar-refractivity contribution in [2.45, 2.75) is 43.4 Å². The van der Waals surface area contributed by atoms with Gasteiger partial charge in [-0.05, 0) is 74.6 Å². The number of alkyl halides is 1. The average molecular weight is 425 g/mol. The van der Waals surface area contributed by atoms with E-state index in [0.29, 0.717) is 28.8 Å². The second kappa shape index (κ2) is 7.23. The molecule has 28 heavy (non-hydrogen) atoms. The minimum atomic E-state index is -0.596. The summed E-state index contributed by atoms with van der Waals surface area (Å²) in [6.07, 6.45) is 5.30. The summed E-state index contributed by atoms with van der Waals surface area (Å²) in [6, 6.07) is 6.24. The molecule has 2 atom stereocenters. The number of ether oxygens (including phenoxy) is 1. The first-order valence-electron chi connectivity index (χ1n) is 9.48. The highest BCUT2D eigenvalue weighted by Gasteiger charge is 2.60. The molecule has 0 heterocycles. The van der Waals surface area contributed by atoms with Gasteiger partial charge in [0.2, 0.25) is 0 Å². The number of benzene rings is 1. The Hall–Kier alpha value is -1.79. The number of hydrazine groups is 1. The highest BCUT2D eigenvalue weighted by molar-refractivity contribution is 6.30. The first-order valence-corrected chi connectivity index (χ1v) is 10.2.